The van der Waals surface area contributed by atoms with Gasteiger partial charge >= 0.3 is 0 Å². The van der Waals surface area contributed by atoms with Crippen LogP contribution >= 0.6 is 12.2 Å². The highest BCUT2D eigenvalue weighted by Gasteiger charge is 2.25. The first-order valence-corrected chi connectivity index (χ1v) is 10.4. The van der Waals surface area contributed by atoms with Crippen LogP contribution in [-0.4, -0.2) is 61.5 Å². The number of nitrogens with zero attached hydrogens (tertiary/aromatic N) is 4. The van der Waals surface area contributed by atoms with Crippen molar-refractivity contribution in [3.05, 3.63) is 6.07 Å². The summed E-state index contributed by atoms with van der Waals surface area (Å²) in [6.07, 6.45) is 3.72. The van der Waals surface area contributed by atoms with E-state index in [1.54, 1.807) is 7.11 Å². The lowest BCUT2D eigenvalue weighted by Gasteiger charge is -2.36. The molecule has 3 rings (SSSR count). The molecule has 2 aliphatic rings. The second-order valence-corrected chi connectivity index (χ2v) is 8.24. The molecule has 2 saturated heterocycles. The molecule has 1 aromatic heterocycles. The Balaban J connectivity index is 1.79. The highest BCUT2D eigenvalue weighted by atomic mass is 32.1. The third-order valence-electron chi connectivity index (χ3n) is 5.14. The number of thiocarbonyl (C=S) groups is 1. The van der Waals surface area contributed by atoms with Crippen molar-refractivity contribution in [2.45, 2.75) is 33.1 Å². The Morgan fingerprint density at radius 1 is 1.15 bits per heavy atom. The van der Waals surface area contributed by atoms with Crippen LogP contribution in [0.5, 0.6) is 0 Å². The maximum atomic E-state index is 5.38. The van der Waals surface area contributed by atoms with Crippen LogP contribution in [0.4, 0.5) is 17.6 Å². The minimum atomic E-state index is 0.525. The number of anilines is 3. The number of rotatable bonds is 6. The summed E-state index contributed by atoms with van der Waals surface area (Å²) >= 11 is 5.38. The van der Waals surface area contributed by atoms with Crippen molar-refractivity contribution in [1.82, 2.24) is 15.3 Å². The Labute approximate surface area is 167 Å². The molecule has 2 N–H and O–H groups in total. The van der Waals surface area contributed by atoms with Crippen LogP contribution in [0.15, 0.2) is 6.07 Å². The zero-order valence-electron chi connectivity index (χ0n) is 16.7. The molecule has 3 heterocycles. The summed E-state index contributed by atoms with van der Waals surface area (Å²) in [5.41, 5.74) is 0. The van der Waals surface area contributed by atoms with Gasteiger partial charge in [-0.2, -0.15) is 9.97 Å². The van der Waals surface area contributed by atoms with Crippen LogP contribution in [0.3, 0.4) is 0 Å². The third kappa shape index (κ3) is 5.65. The average molecular weight is 393 g/mol. The Morgan fingerprint density at radius 2 is 1.78 bits per heavy atom. The lowest BCUT2D eigenvalue weighted by molar-refractivity contribution is 0.204. The molecule has 27 heavy (non-hydrogen) atoms. The summed E-state index contributed by atoms with van der Waals surface area (Å²) < 4.78 is 5.05. The van der Waals surface area contributed by atoms with Crippen LogP contribution in [0, 0.1) is 11.8 Å². The van der Waals surface area contributed by atoms with E-state index in [0.29, 0.717) is 36.0 Å². The van der Waals surface area contributed by atoms with E-state index in [-0.39, 0.29) is 0 Å². The first kappa shape index (κ1) is 20.1. The summed E-state index contributed by atoms with van der Waals surface area (Å²) in [5.74, 6) is 3.90. The fourth-order valence-corrected chi connectivity index (χ4v) is 4.20. The standard InChI is InChI=1S/C19H32N6OS/c1-14-10-15(2)13-25(12-14)17-11-16(24-7-4-5-8-24)21-18(22-17)23-19(27)20-6-9-26-3/h11,14-15H,4-10,12-13H2,1-3H3,(H2,20,21,22,23,27). The van der Waals surface area contributed by atoms with Gasteiger partial charge in [0.15, 0.2) is 5.11 Å². The zero-order valence-corrected chi connectivity index (χ0v) is 17.5. The molecular formula is C19H32N6OS. The Hall–Kier alpha value is -1.67. The van der Waals surface area contributed by atoms with Crippen molar-refractivity contribution in [3.8, 4) is 0 Å². The number of ether oxygens (including phenoxy) is 1. The summed E-state index contributed by atoms with van der Waals surface area (Å²) in [5, 5.41) is 6.80. The Morgan fingerprint density at radius 3 is 2.41 bits per heavy atom. The normalized spacial score (nSPS) is 22.8. The Bertz CT molecular complexity index is 627. The van der Waals surface area contributed by atoms with Gasteiger partial charge in [0.1, 0.15) is 11.6 Å². The highest BCUT2D eigenvalue weighted by Crippen LogP contribution is 2.29. The molecule has 0 radical (unpaired) electrons. The summed E-state index contributed by atoms with van der Waals surface area (Å²) in [7, 11) is 1.67. The lowest BCUT2D eigenvalue weighted by atomic mass is 9.92. The molecule has 0 saturated carbocycles. The molecule has 0 aliphatic carbocycles. The van der Waals surface area contributed by atoms with Crippen LogP contribution in [0.25, 0.3) is 0 Å². The second kappa shape index (κ2) is 9.50. The molecule has 8 heteroatoms. The van der Waals surface area contributed by atoms with E-state index in [4.69, 9.17) is 26.9 Å². The zero-order chi connectivity index (χ0) is 19.2. The molecule has 150 valence electrons. The molecule has 0 spiro atoms. The average Bonchev–Trinajstić information content (AvgIpc) is 3.15. The number of piperidine rings is 1. The predicted molar refractivity (Wildman–Crippen MR) is 115 cm³/mol. The molecule has 0 amide bonds. The smallest absolute Gasteiger partial charge is 0.232 e. The lowest BCUT2D eigenvalue weighted by Crippen LogP contribution is -2.39. The molecule has 1 aromatic rings. The minimum Gasteiger partial charge on any atom is -0.383 e. The summed E-state index contributed by atoms with van der Waals surface area (Å²) in [6, 6.07) is 2.14. The van der Waals surface area contributed by atoms with Gasteiger partial charge in [0, 0.05) is 45.9 Å². The molecule has 2 aliphatic heterocycles. The van der Waals surface area contributed by atoms with E-state index >= 15 is 0 Å². The molecule has 0 aromatic carbocycles. The van der Waals surface area contributed by atoms with Gasteiger partial charge in [-0.15, -0.1) is 0 Å². The molecular weight excluding hydrogens is 360 g/mol. The number of hydrogen-bond acceptors (Lipinski definition) is 6. The molecule has 2 fully saturated rings. The van der Waals surface area contributed by atoms with Gasteiger partial charge in [-0.25, -0.2) is 0 Å². The van der Waals surface area contributed by atoms with Gasteiger partial charge in [-0.05, 0) is 43.3 Å². The van der Waals surface area contributed by atoms with Gasteiger partial charge in [0.25, 0.3) is 0 Å². The van der Waals surface area contributed by atoms with Crippen LogP contribution < -0.4 is 20.4 Å². The fourth-order valence-electron chi connectivity index (χ4n) is 4.01. The highest BCUT2D eigenvalue weighted by molar-refractivity contribution is 7.80. The van der Waals surface area contributed by atoms with Gasteiger partial charge < -0.3 is 25.2 Å². The van der Waals surface area contributed by atoms with Crippen molar-refractivity contribution in [2.75, 3.05) is 61.6 Å². The quantitative estimate of drug-likeness (QED) is 0.565. The second-order valence-electron chi connectivity index (χ2n) is 7.83. The summed E-state index contributed by atoms with van der Waals surface area (Å²) in [4.78, 5) is 14.3. The number of nitrogens with one attached hydrogen (secondary N) is 2. The van der Waals surface area contributed by atoms with E-state index in [1.165, 1.54) is 19.3 Å². The van der Waals surface area contributed by atoms with E-state index < -0.39 is 0 Å². The maximum Gasteiger partial charge on any atom is 0.232 e. The van der Waals surface area contributed by atoms with Crippen molar-refractivity contribution in [1.29, 1.82) is 0 Å². The van der Waals surface area contributed by atoms with Crippen molar-refractivity contribution >= 4 is 34.9 Å². The number of hydrogen-bond donors (Lipinski definition) is 2. The number of methoxy groups -OCH3 is 1. The van der Waals surface area contributed by atoms with E-state index in [2.05, 4.69) is 40.3 Å². The fraction of sp³-hybridized carbons (Fsp3) is 0.737. The van der Waals surface area contributed by atoms with Crippen LogP contribution in [0.1, 0.15) is 33.1 Å². The van der Waals surface area contributed by atoms with E-state index in [1.807, 2.05) is 0 Å². The van der Waals surface area contributed by atoms with Gasteiger partial charge in [-0.1, -0.05) is 13.8 Å². The monoisotopic (exact) mass is 392 g/mol. The predicted octanol–water partition coefficient (Wildman–Crippen LogP) is 2.49. The molecule has 2 unspecified atom stereocenters. The van der Waals surface area contributed by atoms with Crippen LogP contribution in [0.2, 0.25) is 0 Å². The van der Waals surface area contributed by atoms with Crippen molar-refractivity contribution in [3.63, 3.8) is 0 Å². The van der Waals surface area contributed by atoms with Gasteiger partial charge in [-0.3, -0.25) is 0 Å². The van der Waals surface area contributed by atoms with Gasteiger partial charge in [0.05, 0.1) is 6.61 Å². The van der Waals surface area contributed by atoms with Crippen molar-refractivity contribution in [2.24, 2.45) is 11.8 Å². The van der Waals surface area contributed by atoms with E-state index in [9.17, 15) is 0 Å². The topological polar surface area (TPSA) is 65.6 Å². The molecule has 2 atom stereocenters. The first-order chi connectivity index (χ1) is 13.0. The Kier molecular flexibility index (Phi) is 7.07. The number of aromatic nitrogens is 2. The van der Waals surface area contributed by atoms with Crippen molar-refractivity contribution < 1.29 is 4.74 Å². The van der Waals surface area contributed by atoms with Gasteiger partial charge in [0.2, 0.25) is 5.95 Å². The first-order valence-electron chi connectivity index (χ1n) is 9.98. The minimum absolute atomic E-state index is 0.525. The van der Waals surface area contributed by atoms with E-state index in [0.717, 1.165) is 37.8 Å². The third-order valence-corrected chi connectivity index (χ3v) is 5.39. The maximum absolute atomic E-state index is 5.38. The van der Waals surface area contributed by atoms with Crippen LogP contribution in [-0.2, 0) is 4.74 Å². The molecule has 7 nitrogen and oxygen atoms in total. The summed E-state index contributed by atoms with van der Waals surface area (Å²) in [6.45, 7) is 10.1. The SMILES string of the molecule is COCCNC(=S)Nc1nc(N2CCCC2)cc(N2CC(C)CC(C)C2)n1. The molecule has 0 bridgehead atoms. The largest absolute Gasteiger partial charge is 0.383 e.